The molecule has 4 atom stereocenters. The number of carbonyl (C=O) groups excluding carboxylic acids is 3. The van der Waals surface area contributed by atoms with Crippen molar-refractivity contribution in [2.75, 3.05) is 22.1 Å². The van der Waals surface area contributed by atoms with Crippen LogP contribution in [0.25, 0.3) is 0 Å². The van der Waals surface area contributed by atoms with Gasteiger partial charge in [-0.3, -0.25) is 19.1 Å². The van der Waals surface area contributed by atoms with Crippen LogP contribution in [0.2, 0.25) is 18.6 Å². The van der Waals surface area contributed by atoms with E-state index in [1.165, 1.54) is 0 Å². The molecule has 1 spiro atoms. The Bertz CT molecular complexity index is 2160. The van der Waals surface area contributed by atoms with E-state index in [2.05, 4.69) is 20.9 Å². The molecule has 3 amide bonds. The predicted molar refractivity (Wildman–Crippen MR) is 206 cm³/mol. The molecule has 1 saturated heterocycles. The third-order valence-electron chi connectivity index (χ3n) is 10.4. The fourth-order valence-electron chi connectivity index (χ4n) is 8.00. The summed E-state index contributed by atoms with van der Waals surface area (Å²) in [5.41, 5.74) is 2.57. The molecule has 0 radical (unpaired) electrons. The number of aryl methyl sites for hydroxylation is 1. The highest BCUT2D eigenvalue weighted by Gasteiger charge is 2.66. The van der Waals surface area contributed by atoms with Crippen molar-refractivity contribution in [3.05, 3.63) is 137 Å². The van der Waals surface area contributed by atoms with Crippen molar-refractivity contribution in [2.45, 2.75) is 63.2 Å². The molecule has 0 aliphatic carbocycles. The topological polar surface area (TPSA) is 139 Å². The van der Waals surface area contributed by atoms with E-state index >= 15 is 8.90 Å². The van der Waals surface area contributed by atoms with Crippen molar-refractivity contribution in [3.8, 4) is 0 Å². The number of aliphatic hydroxyl groups excluding tert-OH is 1. The molecule has 278 valence electrons. The van der Waals surface area contributed by atoms with Crippen LogP contribution >= 0.6 is 0 Å². The average Bonchev–Trinajstić information content (AvgIpc) is 3.81. The zero-order valence-electron chi connectivity index (χ0n) is 30.4. The fraction of sp³-hybridized carbons (Fsp3) is 0.293. The Hall–Kier alpha value is -5.50. The molecule has 4 aromatic carbocycles. The number of anilines is 3. The normalized spacial score (nSPS) is 20.6. The smallest absolute Gasteiger partial charge is 0.264 e. The summed E-state index contributed by atoms with van der Waals surface area (Å²) in [7, 11) is -3.46. The molecule has 3 heterocycles. The molecule has 2 aliphatic rings. The van der Waals surface area contributed by atoms with Gasteiger partial charge in [0, 0.05) is 65.3 Å². The number of benzene rings is 4. The molecule has 5 aromatic rings. The van der Waals surface area contributed by atoms with Crippen molar-refractivity contribution in [1.82, 2.24) is 15.0 Å². The van der Waals surface area contributed by atoms with Crippen molar-refractivity contribution in [2.24, 2.45) is 5.92 Å². The van der Waals surface area contributed by atoms with E-state index in [9.17, 15) is 14.7 Å². The minimum absolute atomic E-state index is 0.0490. The van der Waals surface area contributed by atoms with Gasteiger partial charge < -0.3 is 29.5 Å². The lowest BCUT2D eigenvalue weighted by Crippen LogP contribution is -2.45. The van der Waals surface area contributed by atoms with E-state index in [1.54, 1.807) is 102 Å². The first-order chi connectivity index (χ1) is 26.0. The van der Waals surface area contributed by atoms with Crippen molar-refractivity contribution >= 4 is 43.2 Å². The summed E-state index contributed by atoms with van der Waals surface area (Å²) in [6.45, 7) is 5.70. The van der Waals surface area contributed by atoms with Crippen molar-refractivity contribution in [3.63, 3.8) is 0 Å². The third kappa shape index (κ3) is 7.22. The molecule has 0 bridgehead atoms. The van der Waals surface area contributed by atoms with Crippen LogP contribution in [0.1, 0.15) is 50.9 Å². The van der Waals surface area contributed by atoms with Crippen LogP contribution in [0.3, 0.4) is 0 Å². The Kier molecular flexibility index (Phi) is 10.3. The predicted octanol–water partition coefficient (Wildman–Crippen LogP) is 6.73. The quantitative estimate of drug-likeness (QED) is 0.0951. The molecular weight excluding hydrogens is 704 g/mol. The SMILES string of the molecule is C[C@H]1[C@H]([Si](C)(C)F)[C@@H](CCn2cc(CCO)nn2)O[C@]12C(=O)N(Cc1cccc(NC(=O)c3ccccc3)c1)c1ccc(NC(=O)c3ccccc3)cc12. The highest BCUT2D eigenvalue weighted by molar-refractivity contribution is 6.72. The molecule has 54 heavy (non-hydrogen) atoms. The number of hydrogen-bond acceptors (Lipinski definition) is 7. The number of nitrogens with one attached hydrogen (secondary N) is 2. The Labute approximate surface area is 314 Å². The highest BCUT2D eigenvalue weighted by Crippen LogP contribution is 2.60. The standard InChI is InChI=1S/C41H43FN6O5Si/c1-27-37(54(2,3)42)36(19-21-47-26-33(20-22-49)45-46-47)53-41(27)34-24-32(44-39(51)30-14-8-5-9-15-30)17-18-35(34)48(40(41)52)25-28-11-10-16-31(23-28)43-38(50)29-12-6-4-7-13-29/h4-18,23-24,26-27,36-37,49H,19-22,25H2,1-3H3,(H,43,50)(H,44,51)/t27-,36+,37-,41+/m0/s1. The van der Waals surface area contributed by atoms with Gasteiger partial charge in [0.15, 0.2) is 5.60 Å². The van der Waals surface area contributed by atoms with Crippen LogP contribution in [0.5, 0.6) is 0 Å². The highest BCUT2D eigenvalue weighted by atomic mass is 28.4. The molecule has 11 nitrogen and oxygen atoms in total. The van der Waals surface area contributed by atoms with Crippen molar-refractivity contribution in [1.29, 1.82) is 0 Å². The van der Waals surface area contributed by atoms with E-state index in [4.69, 9.17) is 4.74 Å². The Morgan fingerprint density at radius 1 is 0.907 bits per heavy atom. The molecule has 0 unspecified atom stereocenters. The van der Waals surface area contributed by atoms with E-state index in [-0.39, 0.29) is 30.9 Å². The second kappa shape index (κ2) is 15.1. The fourth-order valence-corrected chi connectivity index (χ4v) is 10.5. The largest absolute Gasteiger partial charge is 0.396 e. The van der Waals surface area contributed by atoms with Crippen LogP contribution in [0, 0.1) is 5.92 Å². The maximum atomic E-state index is 16.5. The van der Waals surface area contributed by atoms with Crippen LogP contribution in [0.15, 0.2) is 109 Å². The molecule has 0 saturated carbocycles. The van der Waals surface area contributed by atoms with Crippen LogP contribution in [-0.2, 0) is 34.6 Å². The molecule has 1 aromatic heterocycles. The molecule has 13 heteroatoms. The monoisotopic (exact) mass is 746 g/mol. The number of halogens is 1. The first-order valence-electron chi connectivity index (χ1n) is 18.1. The number of rotatable bonds is 12. The van der Waals surface area contributed by atoms with E-state index in [0.717, 1.165) is 5.56 Å². The third-order valence-corrected chi connectivity index (χ3v) is 12.9. The summed E-state index contributed by atoms with van der Waals surface area (Å²) in [5.74, 6) is -1.42. The van der Waals surface area contributed by atoms with E-state index in [0.29, 0.717) is 58.8 Å². The summed E-state index contributed by atoms with van der Waals surface area (Å²) in [4.78, 5) is 42.9. The minimum atomic E-state index is -3.46. The zero-order chi connectivity index (χ0) is 38.0. The lowest BCUT2D eigenvalue weighted by molar-refractivity contribution is -0.146. The number of ether oxygens (including phenoxy) is 1. The molecular formula is C41H43FN6O5Si. The minimum Gasteiger partial charge on any atom is -0.396 e. The van der Waals surface area contributed by atoms with Gasteiger partial charge in [-0.1, -0.05) is 60.7 Å². The van der Waals surface area contributed by atoms with E-state index < -0.39 is 31.6 Å². The molecule has 7 rings (SSSR count). The summed E-state index contributed by atoms with van der Waals surface area (Å²) in [6, 6.07) is 30.4. The van der Waals surface area contributed by atoms with Gasteiger partial charge in [0.1, 0.15) is 0 Å². The number of fused-ring (bicyclic) bond motifs is 2. The number of aliphatic hydroxyl groups is 1. The number of amides is 3. The summed E-state index contributed by atoms with van der Waals surface area (Å²) >= 11 is 0. The molecule has 3 N–H and O–H groups in total. The zero-order valence-corrected chi connectivity index (χ0v) is 31.4. The first kappa shape index (κ1) is 36.8. The Balaban J connectivity index is 1.23. The second-order valence-electron chi connectivity index (χ2n) is 14.5. The van der Waals surface area contributed by atoms with Gasteiger partial charge in [-0.05, 0) is 79.7 Å². The maximum Gasteiger partial charge on any atom is 0.264 e. The summed E-state index contributed by atoms with van der Waals surface area (Å²) in [5, 5.41) is 23.5. The number of nitrogens with zero attached hydrogens (tertiary/aromatic N) is 4. The lowest BCUT2D eigenvalue weighted by Gasteiger charge is -2.31. The van der Waals surface area contributed by atoms with Gasteiger partial charge in [-0.2, -0.15) is 0 Å². The summed E-state index contributed by atoms with van der Waals surface area (Å²) in [6.07, 6.45) is 1.90. The van der Waals surface area contributed by atoms with Crippen LogP contribution in [-0.4, -0.2) is 58.9 Å². The van der Waals surface area contributed by atoms with Gasteiger partial charge in [0.05, 0.1) is 24.0 Å². The molecule has 2 aliphatic heterocycles. The lowest BCUT2D eigenvalue weighted by atomic mass is 9.82. The van der Waals surface area contributed by atoms with E-state index in [1.807, 2.05) is 37.3 Å². The number of hydrogen-bond donors (Lipinski definition) is 3. The van der Waals surface area contributed by atoms with Crippen LogP contribution in [0.4, 0.5) is 21.2 Å². The number of aromatic nitrogens is 3. The maximum absolute atomic E-state index is 16.5. The van der Waals surface area contributed by atoms with Gasteiger partial charge in [-0.25, -0.2) is 0 Å². The van der Waals surface area contributed by atoms with Gasteiger partial charge in [0.25, 0.3) is 17.7 Å². The summed E-state index contributed by atoms with van der Waals surface area (Å²) < 4.78 is 25.1. The molecule has 1 fully saturated rings. The van der Waals surface area contributed by atoms with Gasteiger partial charge in [-0.15, -0.1) is 5.10 Å². The Morgan fingerprint density at radius 3 is 2.19 bits per heavy atom. The van der Waals surface area contributed by atoms with Crippen molar-refractivity contribution < 1.29 is 28.3 Å². The van der Waals surface area contributed by atoms with Gasteiger partial charge >= 0.3 is 0 Å². The number of carbonyl (C=O) groups is 3. The van der Waals surface area contributed by atoms with Gasteiger partial charge in [0.2, 0.25) is 8.41 Å². The average molecular weight is 747 g/mol. The second-order valence-corrected chi connectivity index (χ2v) is 18.3. The Morgan fingerprint density at radius 2 is 1.56 bits per heavy atom. The first-order valence-corrected chi connectivity index (χ1v) is 21.1. The van der Waals surface area contributed by atoms with Crippen LogP contribution < -0.4 is 15.5 Å².